The van der Waals surface area contributed by atoms with Crippen molar-refractivity contribution in [3.8, 4) is 11.4 Å². The second kappa shape index (κ2) is 7.18. The highest BCUT2D eigenvalue weighted by Gasteiger charge is 2.17. The molecule has 2 aromatic rings. The number of nitrogens with zero attached hydrogens (tertiary/aromatic N) is 2. The predicted octanol–water partition coefficient (Wildman–Crippen LogP) is 3.94. The van der Waals surface area contributed by atoms with Crippen molar-refractivity contribution in [3.63, 3.8) is 0 Å². The van der Waals surface area contributed by atoms with Crippen LogP contribution in [0.15, 0.2) is 36.4 Å². The lowest BCUT2D eigenvalue weighted by atomic mass is 10.1. The van der Waals surface area contributed by atoms with E-state index in [0.29, 0.717) is 0 Å². The van der Waals surface area contributed by atoms with Gasteiger partial charge in [-0.1, -0.05) is 30.3 Å². The van der Waals surface area contributed by atoms with Gasteiger partial charge in [0.2, 0.25) is 0 Å². The van der Waals surface area contributed by atoms with Crippen molar-refractivity contribution >= 4 is 11.6 Å². The van der Waals surface area contributed by atoms with Crippen LogP contribution in [0.3, 0.4) is 0 Å². The van der Waals surface area contributed by atoms with Gasteiger partial charge >= 0.3 is 0 Å². The minimum atomic E-state index is -0.0614. The summed E-state index contributed by atoms with van der Waals surface area (Å²) in [6, 6.07) is 12.0. The summed E-state index contributed by atoms with van der Waals surface area (Å²) in [7, 11) is 0. The number of benzene rings is 1. The molecule has 2 heterocycles. The smallest absolute Gasteiger partial charge is 0.163 e. The van der Waals surface area contributed by atoms with Crippen molar-refractivity contribution < 1.29 is 4.74 Å². The highest BCUT2D eigenvalue weighted by molar-refractivity contribution is 5.61. The van der Waals surface area contributed by atoms with Crippen LogP contribution in [-0.2, 0) is 4.74 Å². The fourth-order valence-electron chi connectivity index (χ4n) is 2.73. The van der Waals surface area contributed by atoms with E-state index in [-0.39, 0.29) is 11.6 Å². The Balaban J connectivity index is 1.84. The van der Waals surface area contributed by atoms with Gasteiger partial charge in [-0.25, -0.2) is 9.97 Å². The van der Waals surface area contributed by atoms with Crippen molar-refractivity contribution in [1.29, 1.82) is 0 Å². The number of ether oxygens (including phenoxy) is 1. The van der Waals surface area contributed by atoms with Gasteiger partial charge in [-0.2, -0.15) is 0 Å². The van der Waals surface area contributed by atoms with E-state index < -0.39 is 0 Å². The van der Waals surface area contributed by atoms with Gasteiger partial charge in [0.05, 0.1) is 6.10 Å². The average molecular weight is 326 g/mol. The first-order chi connectivity index (χ1) is 11.5. The molecule has 1 atom stereocenters. The molecule has 1 unspecified atom stereocenters. The molecule has 0 bridgehead atoms. The molecule has 1 aromatic carbocycles. The lowest BCUT2D eigenvalue weighted by molar-refractivity contribution is 0.120. The zero-order valence-corrected chi connectivity index (χ0v) is 14.7. The highest BCUT2D eigenvalue weighted by Crippen LogP contribution is 2.22. The van der Waals surface area contributed by atoms with Crippen molar-refractivity contribution in [2.45, 2.75) is 45.3 Å². The van der Waals surface area contributed by atoms with Crippen LogP contribution in [0, 0.1) is 0 Å². The SMILES string of the molecule is CC(C)(C)Nc1cc(NCC2CCCO2)nc(-c2ccccc2)n1. The molecule has 2 N–H and O–H groups in total. The largest absolute Gasteiger partial charge is 0.376 e. The third kappa shape index (κ3) is 4.68. The van der Waals surface area contributed by atoms with E-state index in [1.165, 1.54) is 0 Å². The minimum absolute atomic E-state index is 0.0614. The maximum Gasteiger partial charge on any atom is 0.163 e. The van der Waals surface area contributed by atoms with Gasteiger partial charge in [0.25, 0.3) is 0 Å². The van der Waals surface area contributed by atoms with Gasteiger partial charge in [-0.15, -0.1) is 0 Å². The minimum Gasteiger partial charge on any atom is -0.376 e. The molecule has 1 saturated heterocycles. The van der Waals surface area contributed by atoms with Gasteiger partial charge in [-0.05, 0) is 33.6 Å². The van der Waals surface area contributed by atoms with Crippen molar-refractivity contribution in [3.05, 3.63) is 36.4 Å². The summed E-state index contributed by atoms with van der Waals surface area (Å²) in [5.41, 5.74) is 0.948. The Hall–Kier alpha value is -2.14. The number of aromatic nitrogens is 2. The molecule has 1 aromatic heterocycles. The van der Waals surface area contributed by atoms with E-state index >= 15 is 0 Å². The first-order valence-corrected chi connectivity index (χ1v) is 8.58. The molecule has 1 fully saturated rings. The molecule has 24 heavy (non-hydrogen) atoms. The standard InChI is InChI=1S/C19H26N4O/c1-19(2,3)23-17-12-16(20-13-15-10-7-11-24-15)21-18(22-17)14-8-5-4-6-9-14/h4-6,8-9,12,15H,7,10-11,13H2,1-3H3,(H2,20,21,22,23). The van der Waals surface area contributed by atoms with Crippen LogP contribution in [0.4, 0.5) is 11.6 Å². The van der Waals surface area contributed by atoms with Crippen LogP contribution >= 0.6 is 0 Å². The van der Waals surface area contributed by atoms with E-state index in [1.807, 2.05) is 36.4 Å². The van der Waals surface area contributed by atoms with Crippen molar-refractivity contribution in [2.75, 3.05) is 23.8 Å². The monoisotopic (exact) mass is 326 g/mol. The summed E-state index contributed by atoms with van der Waals surface area (Å²) >= 11 is 0. The molecule has 5 nitrogen and oxygen atoms in total. The summed E-state index contributed by atoms with van der Waals surface area (Å²) in [4.78, 5) is 9.35. The highest BCUT2D eigenvalue weighted by atomic mass is 16.5. The molecule has 0 saturated carbocycles. The number of hydrogen-bond acceptors (Lipinski definition) is 5. The molecule has 1 aliphatic rings. The number of rotatable bonds is 5. The topological polar surface area (TPSA) is 59.1 Å². The van der Waals surface area contributed by atoms with Gasteiger partial charge in [-0.3, -0.25) is 0 Å². The number of nitrogens with one attached hydrogen (secondary N) is 2. The Labute approximate surface area is 143 Å². The van der Waals surface area contributed by atoms with Crippen LogP contribution in [0.1, 0.15) is 33.6 Å². The number of hydrogen-bond donors (Lipinski definition) is 2. The van der Waals surface area contributed by atoms with Crippen LogP contribution < -0.4 is 10.6 Å². The molecular weight excluding hydrogens is 300 g/mol. The quantitative estimate of drug-likeness (QED) is 0.871. The average Bonchev–Trinajstić information content (AvgIpc) is 3.05. The van der Waals surface area contributed by atoms with E-state index in [2.05, 4.69) is 41.4 Å². The van der Waals surface area contributed by atoms with Crippen LogP contribution in [0.5, 0.6) is 0 Å². The Bertz CT molecular complexity index is 661. The summed E-state index contributed by atoms with van der Waals surface area (Å²) in [5, 5.41) is 6.84. The fourth-order valence-corrected chi connectivity index (χ4v) is 2.73. The second-order valence-corrected chi connectivity index (χ2v) is 7.22. The van der Waals surface area contributed by atoms with E-state index in [1.54, 1.807) is 0 Å². The van der Waals surface area contributed by atoms with Crippen LogP contribution in [0.25, 0.3) is 11.4 Å². The molecule has 1 aliphatic heterocycles. The van der Waals surface area contributed by atoms with Gasteiger partial charge < -0.3 is 15.4 Å². The summed E-state index contributed by atoms with van der Waals surface area (Å²) < 4.78 is 5.68. The Morgan fingerprint density at radius 2 is 1.88 bits per heavy atom. The fraction of sp³-hybridized carbons (Fsp3) is 0.474. The Kier molecular flexibility index (Phi) is 5.00. The first-order valence-electron chi connectivity index (χ1n) is 8.58. The van der Waals surface area contributed by atoms with Crippen LogP contribution in [0.2, 0.25) is 0 Å². The maximum absolute atomic E-state index is 5.68. The Morgan fingerprint density at radius 3 is 2.54 bits per heavy atom. The predicted molar refractivity (Wildman–Crippen MR) is 98.3 cm³/mol. The lowest BCUT2D eigenvalue weighted by Gasteiger charge is -2.22. The maximum atomic E-state index is 5.68. The van der Waals surface area contributed by atoms with E-state index in [9.17, 15) is 0 Å². The third-order valence-electron chi connectivity index (χ3n) is 3.80. The van der Waals surface area contributed by atoms with Gasteiger partial charge in [0, 0.05) is 30.3 Å². The summed E-state index contributed by atoms with van der Waals surface area (Å²) in [6.45, 7) is 8.01. The van der Waals surface area contributed by atoms with E-state index in [4.69, 9.17) is 4.74 Å². The zero-order chi connectivity index (χ0) is 17.0. The Morgan fingerprint density at radius 1 is 1.12 bits per heavy atom. The summed E-state index contributed by atoms with van der Waals surface area (Å²) in [5.74, 6) is 2.37. The molecule has 0 radical (unpaired) electrons. The summed E-state index contributed by atoms with van der Waals surface area (Å²) in [6.07, 6.45) is 2.53. The molecule has 0 aliphatic carbocycles. The normalized spacial score (nSPS) is 17.7. The second-order valence-electron chi connectivity index (χ2n) is 7.22. The zero-order valence-electron chi connectivity index (χ0n) is 14.7. The molecular formula is C19H26N4O. The van der Waals surface area contributed by atoms with E-state index in [0.717, 1.165) is 49.0 Å². The van der Waals surface area contributed by atoms with Crippen LogP contribution in [-0.4, -0.2) is 34.8 Å². The van der Waals surface area contributed by atoms with Crippen molar-refractivity contribution in [2.24, 2.45) is 0 Å². The third-order valence-corrected chi connectivity index (χ3v) is 3.80. The molecule has 5 heteroatoms. The van der Waals surface area contributed by atoms with Gasteiger partial charge in [0.15, 0.2) is 5.82 Å². The van der Waals surface area contributed by atoms with Crippen molar-refractivity contribution in [1.82, 2.24) is 9.97 Å². The molecule has 0 amide bonds. The first kappa shape index (κ1) is 16.7. The molecule has 128 valence electrons. The molecule has 3 rings (SSSR count). The molecule has 0 spiro atoms. The number of anilines is 2. The van der Waals surface area contributed by atoms with Gasteiger partial charge in [0.1, 0.15) is 11.6 Å². The lowest BCUT2D eigenvalue weighted by Crippen LogP contribution is -2.27.